The highest BCUT2D eigenvalue weighted by Gasteiger charge is 2.22. The van der Waals surface area contributed by atoms with Crippen molar-refractivity contribution >= 4 is 28.7 Å². The van der Waals surface area contributed by atoms with Crippen molar-refractivity contribution in [3.8, 4) is 0 Å². The Morgan fingerprint density at radius 1 is 0.609 bits per heavy atom. The fourth-order valence-corrected chi connectivity index (χ4v) is 6.16. The average molecular weight is 341 g/mol. The molecular formula is C18H16NO2PS. The van der Waals surface area contributed by atoms with Crippen molar-refractivity contribution in [2.45, 2.75) is 4.90 Å². The quantitative estimate of drug-likeness (QED) is 0.725. The van der Waals surface area contributed by atoms with E-state index >= 15 is 0 Å². The van der Waals surface area contributed by atoms with Crippen molar-refractivity contribution in [3.05, 3.63) is 91.0 Å². The van der Waals surface area contributed by atoms with Crippen molar-refractivity contribution in [3.63, 3.8) is 0 Å². The molecule has 0 saturated carbocycles. The number of rotatable bonds is 5. The zero-order chi connectivity index (χ0) is 16.1. The molecule has 23 heavy (non-hydrogen) atoms. The van der Waals surface area contributed by atoms with E-state index in [0.717, 1.165) is 10.6 Å². The lowest BCUT2D eigenvalue weighted by atomic mass is 10.4. The number of hydrogen-bond donors (Lipinski definition) is 1. The lowest BCUT2D eigenvalue weighted by molar-refractivity contribution is 0.594. The third kappa shape index (κ3) is 3.85. The van der Waals surface area contributed by atoms with Gasteiger partial charge in [0, 0.05) is 8.07 Å². The highest BCUT2D eigenvalue weighted by molar-refractivity contribution is 7.97. The first kappa shape index (κ1) is 15.9. The maximum Gasteiger partial charge on any atom is 0.244 e. The topological polar surface area (TPSA) is 46.2 Å². The second-order valence-corrected chi connectivity index (χ2v) is 8.83. The molecule has 3 rings (SSSR count). The smallest absolute Gasteiger partial charge is 0.207 e. The summed E-state index contributed by atoms with van der Waals surface area (Å²) in [6.07, 6.45) is 0. The van der Waals surface area contributed by atoms with Gasteiger partial charge in [0.05, 0.1) is 4.90 Å². The summed E-state index contributed by atoms with van der Waals surface area (Å²) in [5, 5.41) is 1.93. The third-order valence-corrected chi connectivity index (χ3v) is 7.51. The van der Waals surface area contributed by atoms with Crippen LogP contribution in [0.15, 0.2) is 95.9 Å². The van der Waals surface area contributed by atoms with Gasteiger partial charge >= 0.3 is 0 Å². The monoisotopic (exact) mass is 341 g/mol. The Hall–Kier alpha value is -2.00. The first-order valence-corrected chi connectivity index (χ1v) is 9.97. The summed E-state index contributed by atoms with van der Waals surface area (Å²) in [5.41, 5.74) is 0. The Morgan fingerprint density at radius 2 is 1.00 bits per heavy atom. The van der Waals surface area contributed by atoms with E-state index in [4.69, 9.17) is 0 Å². The molecule has 1 N–H and O–H groups in total. The summed E-state index contributed by atoms with van der Waals surface area (Å²) in [5.74, 6) is 0. The Balaban J connectivity index is 2.00. The van der Waals surface area contributed by atoms with Crippen molar-refractivity contribution in [1.82, 2.24) is 4.49 Å². The third-order valence-electron chi connectivity index (χ3n) is 3.29. The molecule has 0 bridgehead atoms. The van der Waals surface area contributed by atoms with Gasteiger partial charge in [-0.1, -0.05) is 78.9 Å². The van der Waals surface area contributed by atoms with Gasteiger partial charge in [-0.3, -0.25) is 0 Å². The molecule has 3 nitrogen and oxygen atoms in total. The van der Waals surface area contributed by atoms with E-state index < -0.39 is 18.1 Å². The van der Waals surface area contributed by atoms with Crippen LogP contribution in [0.1, 0.15) is 0 Å². The van der Waals surface area contributed by atoms with Crippen LogP contribution in [0.4, 0.5) is 0 Å². The zero-order valence-corrected chi connectivity index (χ0v) is 14.0. The molecule has 0 spiro atoms. The summed E-state index contributed by atoms with van der Waals surface area (Å²) >= 11 is 0. The van der Waals surface area contributed by atoms with Gasteiger partial charge in [-0.25, -0.2) is 8.42 Å². The van der Waals surface area contributed by atoms with Crippen LogP contribution in [0.3, 0.4) is 0 Å². The predicted molar refractivity (Wildman–Crippen MR) is 95.8 cm³/mol. The molecule has 0 aromatic heterocycles. The summed E-state index contributed by atoms with van der Waals surface area (Å²) in [6.45, 7) is 0. The number of benzene rings is 3. The fraction of sp³-hybridized carbons (Fsp3) is 0. The molecule has 0 unspecified atom stereocenters. The molecule has 3 aromatic rings. The van der Waals surface area contributed by atoms with Crippen molar-refractivity contribution < 1.29 is 8.42 Å². The van der Waals surface area contributed by atoms with Crippen molar-refractivity contribution in [2.24, 2.45) is 0 Å². The molecule has 0 atom stereocenters. The second-order valence-electron chi connectivity index (χ2n) is 4.91. The van der Waals surface area contributed by atoms with E-state index in [9.17, 15) is 8.42 Å². The van der Waals surface area contributed by atoms with Gasteiger partial charge in [-0.2, -0.15) is 4.49 Å². The Kier molecular flexibility index (Phi) is 4.87. The van der Waals surface area contributed by atoms with Gasteiger partial charge in [-0.15, -0.1) is 0 Å². The van der Waals surface area contributed by atoms with Gasteiger partial charge in [0.25, 0.3) is 0 Å². The van der Waals surface area contributed by atoms with E-state index in [1.54, 1.807) is 30.3 Å². The molecule has 116 valence electrons. The molecule has 0 fully saturated rings. The van der Waals surface area contributed by atoms with Crippen LogP contribution in [0, 0.1) is 0 Å². The highest BCUT2D eigenvalue weighted by atomic mass is 32.2. The Labute approximate surface area is 137 Å². The maximum atomic E-state index is 12.7. The summed E-state index contributed by atoms with van der Waals surface area (Å²) in [6, 6.07) is 27.8. The minimum atomic E-state index is -3.58. The number of hydrogen-bond acceptors (Lipinski definition) is 2. The molecule has 3 aromatic carbocycles. The molecule has 0 heterocycles. The summed E-state index contributed by atoms with van der Waals surface area (Å²) in [7, 11) is -4.78. The van der Waals surface area contributed by atoms with E-state index in [2.05, 4.69) is 4.49 Å². The van der Waals surface area contributed by atoms with E-state index in [1.165, 1.54) is 0 Å². The van der Waals surface area contributed by atoms with E-state index in [-0.39, 0.29) is 4.90 Å². The second kappa shape index (κ2) is 7.05. The SMILES string of the molecule is O=S(=O)(NP(c1ccccc1)c1ccccc1)c1ccccc1. The Morgan fingerprint density at radius 3 is 1.43 bits per heavy atom. The average Bonchev–Trinajstić information content (AvgIpc) is 2.62. The van der Waals surface area contributed by atoms with Crippen LogP contribution in [0.25, 0.3) is 0 Å². The molecule has 5 heteroatoms. The van der Waals surface area contributed by atoms with Crippen LogP contribution in [-0.4, -0.2) is 8.42 Å². The first-order valence-electron chi connectivity index (χ1n) is 7.14. The minimum absolute atomic E-state index is 0.277. The van der Waals surface area contributed by atoms with Gasteiger partial charge in [0.1, 0.15) is 0 Å². The van der Waals surface area contributed by atoms with E-state index in [1.807, 2.05) is 60.7 Å². The van der Waals surface area contributed by atoms with Gasteiger partial charge in [-0.05, 0) is 22.7 Å². The standard InChI is InChI=1S/C18H16NO2PS/c20-23(21,18-14-8-3-9-15-18)19-22(16-10-4-1-5-11-16)17-12-6-2-7-13-17/h1-15,19H. The Bertz CT molecular complexity index is 814. The van der Waals surface area contributed by atoms with Gasteiger partial charge in [0.2, 0.25) is 10.0 Å². The molecular weight excluding hydrogens is 325 g/mol. The summed E-state index contributed by atoms with van der Waals surface area (Å²) < 4.78 is 28.3. The van der Waals surface area contributed by atoms with Crippen molar-refractivity contribution in [2.75, 3.05) is 0 Å². The zero-order valence-electron chi connectivity index (χ0n) is 12.3. The molecule has 0 aliphatic rings. The lowest BCUT2D eigenvalue weighted by Gasteiger charge is -2.19. The van der Waals surface area contributed by atoms with Crippen LogP contribution in [-0.2, 0) is 10.0 Å². The van der Waals surface area contributed by atoms with Gasteiger partial charge < -0.3 is 0 Å². The van der Waals surface area contributed by atoms with Crippen molar-refractivity contribution in [1.29, 1.82) is 0 Å². The van der Waals surface area contributed by atoms with Gasteiger partial charge in [0.15, 0.2) is 0 Å². The largest absolute Gasteiger partial charge is 0.244 e. The first-order chi connectivity index (χ1) is 11.2. The van der Waals surface area contributed by atoms with Crippen LogP contribution in [0.5, 0.6) is 0 Å². The molecule has 0 saturated heterocycles. The highest BCUT2D eigenvalue weighted by Crippen LogP contribution is 2.31. The molecule has 0 radical (unpaired) electrons. The number of sulfonamides is 1. The number of nitrogens with one attached hydrogen (secondary N) is 1. The van der Waals surface area contributed by atoms with Crippen LogP contribution in [0.2, 0.25) is 0 Å². The summed E-state index contributed by atoms with van der Waals surface area (Å²) in [4.78, 5) is 0.277. The fourth-order valence-electron chi connectivity index (χ4n) is 2.18. The minimum Gasteiger partial charge on any atom is -0.207 e. The predicted octanol–water partition coefficient (Wildman–Crippen LogP) is 3.01. The van der Waals surface area contributed by atoms with Crippen LogP contribution < -0.4 is 15.1 Å². The molecule has 0 aliphatic carbocycles. The lowest BCUT2D eigenvalue weighted by Crippen LogP contribution is -2.28. The maximum absolute atomic E-state index is 12.7. The molecule has 0 amide bonds. The molecule has 0 aliphatic heterocycles. The van der Waals surface area contributed by atoms with E-state index in [0.29, 0.717) is 0 Å². The van der Waals surface area contributed by atoms with Crippen LogP contribution >= 0.6 is 8.07 Å². The normalized spacial score (nSPS) is 11.5.